The van der Waals surface area contributed by atoms with Crippen LogP contribution in [0.25, 0.3) is 0 Å². The Morgan fingerprint density at radius 3 is 1.88 bits per heavy atom. The van der Waals surface area contributed by atoms with Gasteiger partial charge in [0.05, 0.1) is 18.9 Å². The summed E-state index contributed by atoms with van der Waals surface area (Å²) in [6.07, 6.45) is 3.69. The van der Waals surface area contributed by atoms with Gasteiger partial charge in [-0.05, 0) is 69.1 Å². The first-order valence-electron chi connectivity index (χ1n) is 23.4. The first-order valence-corrected chi connectivity index (χ1v) is 23.4. The molecular weight excluding hydrogens is 887 g/mol. The molecule has 1 fully saturated rings. The van der Waals surface area contributed by atoms with Gasteiger partial charge in [0, 0.05) is 31.3 Å². The number of H-pyrrole nitrogens is 1. The molecule has 0 aromatic carbocycles. The molecule has 382 valence electrons. The zero-order valence-electron chi connectivity index (χ0n) is 40.8. The van der Waals surface area contributed by atoms with Crippen molar-refractivity contribution in [1.82, 2.24) is 52.1 Å². The number of nitrogens with two attached hydrogens (primary N) is 1. The number of hydrogen-bond acceptors (Lipinski definition) is 12. The number of imidazole rings is 1. The van der Waals surface area contributed by atoms with E-state index in [1.165, 1.54) is 24.3 Å². The topological polar surface area (TPSA) is 353 Å². The third-order valence-electron chi connectivity index (χ3n) is 11.4. The minimum atomic E-state index is -1.45. The van der Waals surface area contributed by atoms with Gasteiger partial charge >= 0.3 is 11.9 Å². The fourth-order valence-electron chi connectivity index (χ4n) is 7.57. The number of carboxylic acid groups (broad SMARTS) is 2. The standard InChI is InChI=1S/C45H75N11O12/c1-10-26(8)37(45(67)68)55-41(63)30(13-14-36(58)59)52-38(60)27(9)50-43(65)34-12-11-15-56(34)44(66)33(18-25(6)7)54-42(64)32(19-28-20-47-22-49-28)51-35(57)21-48-40(62)31(17-24(4)5)53-39(61)29(46)16-23(2)3/h20,22-27,29-34,37H,10-19,21,46H2,1-9H3,(H,47,49)(H,48,62)(H,50,65)(H,51,57)(H,52,60)(H,53,61)(H,54,64)(H,55,63)(H,58,59)(H,67,68)/t26-,27-,29-,30-,31-,32-,33-,34-,37-/m0/s1. The third-order valence-corrected chi connectivity index (χ3v) is 11.4. The van der Waals surface area contributed by atoms with Gasteiger partial charge in [-0.25, -0.2) is 9.78 Å². The van der Waals surface area contributed by atoms with Crippen LogP contribution in [-0.2, 0) is 54.4 Å². The quantitative estimate of drug-likeness (QED) is 0.0480. The molecule has 23 heteroatoms. The minimum absolute atomic E-state index is 0.000129. The molecule has 2 rings (SSSR count). The summed E-state index contributed by atoms with van der Waals surface area (Å²) >= 11 is 0. The Morgan fingerprint density at radius 2 is 1.32 bits per heavy atom. The van der Waals surface area contributed by atoms with Gasteiger partial charge in [-0.3, -0.25) is 43.2 Å². The van der Waals surface area contributed by atoms with Crippen LogP contribution < -0.4 is 43.0 Å². The number of hydrogen-bond donors (Lipinski definition) is 11. The molecule has 2 heterocycles. The summed E-state index contributed by atoms with van der Waals surface area (Å²) in [5, 5.41) is 36.9. The highest BCUT2D eigenvalue weighted by Gasteiger charge is 2.40. The molecule has 8 amide bonds. The lowest BCUT2D eigenvalue weighted by molar-refractivity contribution is -0.144. The molecule has 12 N–H and O–H groups in total. The molecule has 1 aliphatic rings. The smallest absolute Gasteiger partial charge is 0.326 e. The maximum absolute atomic E-state index is 14.3. The number of nitrogens with one attached hydrogen (secondary N) is 8. The van der Waals surface area contributed by atoms with Crippen LogP contribution in [0.3, 0.4) is 0 Å². The number of carbonyl (C=O) groups is 10. The second kappa shape index (κ2) is 28.3. The Balaban J connectivity index is 2.22. The van der Waals surface area contributed by atoms with Gasteiger partial charge in [0.1, 0.15) is 42.3 Å². The summed E-state index contributed by atoms with van der Waals surface area (Å²) in [5.41, 5.74) is 6.51. The van der Waals surface area contributed by atoms with E-state index in [9.17, 15) is 58.2 Å². The molecule has 9 atom stereocenters. The summed E-state index contributed by atoms with van der Waals surface area (Å²) in [6, 6.07) is -9.36. The fourth-order valence-corrected chi connectivity index (χ4v) is 7.57. The molecule has 0 spiro atoms. The van der Waals surface area contributed by atoms with E-state index in [1.54, 1.807) is 13.8 Å². The van der Waals surface area contributed by atoms with Crippen LogP contribution in [0, 0.1) is 23.7 Å². The monoisotopic (exact) mass is 962 g/mol. The number of carboxylic acids is 2. The Kier molecular flexibility index (Phi) is 24.1. The van der Waals surface area contributed by atoms with Crippen LogP contribution in [0.2, 0.25) is 0 Å². The second-order valence-electron chi connectivity index (χ2n) is 18.9. The number of rotatable bonds is 29. The van der Waals surface area contributed by atoms with E-state index in [2.05, 4.69) is 47.2 Å². The SMILES string of the molecule is CC[C@H](C)[C@H](NC(=O)[C@H](CCC(=O)O)NC(=O)[C@H](C)NC(=O)[C@@H]1CCCN1C(=O)[C@H](CC(C)C)NC(=O)[C@H](Cc1cnc[nH]1)NC(=O)CNC(=O)[C@H](CC(C)C)NC(=O)[C@@H](N)CC(C)C)C(=O)O. The lowest BCUT2D eigenvalue weighted by Gasteiger charge is -2.31. The Bertz CT molecular complexity index is 1890. The molecule has 0 unspecified atom stereocenters. The van der Waals surface area contributed by atoms with Crippen LogP contribution in [0.15, 0.2) is 12.5 Å². The van der Waals surface area contributed by atoms with Crippen LogP contribution in [0.4, 0.5) is 0 Å². The predicted octanol–water partition coefficient (Wildman–Crippen LogP) is -0.551. The van der Waals surface area contributed by atoms with Crippen molar-refractivity contribution in [3.63, 3.8) is 0 Å². The van der Waals surface area contributed by atoms with E-state index < -0.39 is 126 Å². The van der Waals surface area contributed by atoms with Crippen LogP contribution >= 0.6 is 0 Å². The summed E-state index contributed by atoms with van der Waals surface area (Å²) in [4.78, 5) is 139. The number of carbonyl (C=O) groups excluding carboxylic acids is 8. The maximum atomic E-state index is 14.3. The number of aromatic amines is 1. The predicted molar refractivity (Wildman–Crippen MR) is 248 cm³/mol. The maximum Gasteiger partial charge on any atom is 0.326 e. The lowest BCUT2D eigenvalue weighted by Crippen LogP contribution is -2.59. The van der Waals surface area contributed by atoms with Crippen molar-refractivity contribution in [2.24, 2.45) is 29.4 Å². The van der Waals surface area contributed by atoms with Crippen molar-refractivity contribution in [3.05, 3.63) is 18.2 Å². The van der Waals surface area contributed by atoms with Gasteiger partial charge < -0.3 is 63.0 Å². The van der Waals surface area contributed by atoms with E-state index in [0.717, 1.165) is 0 Å². The van der Waals surface area contributed by atoms with Crippen LogP contribution in [-0.4, -0.2) is 146 Å². The number of likely N-dealkylation sites (tertiary alicyclic amines) is 1. The van der Waals surface area contributed by atoms with Crippen molar-refractivity contribution < 1.29 is 58.2 Å². The van der Waals surface area contributed by atoms with E-state index in [4.69, 9.17) is 5.73 Å². The summed E-state index contributed by atoms with van der Waals surface area (Å²) in [7, 11) is 0. The Morgan fingerprint density at radius 1 is 0.735 bits per heavy atom. The highest BCUT2D eigenvalue weighted by atomic mass is 16.4. The van der Waals surface area contributed by atoms with Gasteiger partial charge in [-0.1, -0.05) is 61.8 Å². The normalized spacial score (nSPS) is 17.1. The van der Waals surface area contributed by atoms with Gasteiger partial charge in [-0.2, -0.15) is 0 Å². The van der Waals surface area contributed by atoms with E-state index in [0.29, 0.717) is 25.0 Å². The summed E-state index contributed by atoms with van der Waals surface area (Å²) in [5.74, 6) is -8.72. The number of nitrogens with zero attached hydrogens (tertiary/aromatic N) is 2. The molecule has 23 nitrogen and oxygen atoms in total. The molecular formula is C45H75N11O12. The average molecular weight is 962 g/mol. The van der Waals surface area contributed by atoms with E-state index >= 15 is 0 Å². The van der Waals surface area contributed by atoms with E-state index in [-0.39, 0.29) is 56.4 Å². The van der Waals surface area contributed by atoms with Crippen molar-refractivity contribution in [2.75, 3.05) is 13.1 Å². The number of aromatic nitrogens is 2. The highest BCUT2D eigenvalue weighted by molar-refractivity contribution is 5.98. The van der Waals surface area contributed by atoms with Gasteiger partial charge in [-0.15, -0.1) is 0 Å². The van der Waals surface area contributed by atoms with E-state index in [1.807, 2.05) is 41.5 Å². The molecule has 0 aliphatic carbocycles. The van der Waals surface area contributed by atoms with Crippen LogP contribution in [0.1, 0.15) is 119 Å². The fraction of sp³-hybridized carbons (Fsp3) is 0.711. The van der Waals surface area contributed by atoms with Crippen molar-refractivity contribution in [1.29, 1.82) is 0 Å². The molecule has 1 saturated heterocycles. The van der Waals surface area contributed by atoms with Crippen molar-refractivity contribution in [2.45, 2.75) is 168 Å². The van der Waals surface area contributed by atoms with Gasteiger partial charge in [0.2, 0.25) is 47.3 Å². The minimum Gasteiger partial charge on any atom is -0.481 e. The molecule has 1 aliphatic heterocycles. The molecule has 1 aromatic heterocycles. The molecule has 1 aromatic rings. The number of amides is 8. The second-order valence-corrected chi connectivity index (χ2v) is 18.9. The summed E-state index contributed by atoms with van der Waals surface area (Å²) < 4.78 is 0. The lowest BCUT2D eigenvalue weighted by atomic mass is 9.98. The zero-order chi connectivity index (χ0) is 51.4. The van der Waals surface area contributed by atoms with Crippen molar-refractivity contribution in [3.8, 4) is 0 Å². The molecule has 0 bridgehead atoms. The first kappa shape index (κ1) is 58.0. The molecule has 68 heavy (non-hydrogen) atoms. The average Bonchev–Trinajstić information content (AvgIpc) is 3.97. The van der Waals surface area contributed by atoms with Crippen LogP contribution in [0.5, 0.6) is 0 Å². The summed E-state index contributed by atoms with van der Waals surface area (Å²) in [6.45, 7) is 15.5. The Hall–Kier alpha value is -6.13. The highest BCUT2D eigenvalue weighted by Crippen LogP contribution is 2.21. The molecule has 0 saturated carbocycles. The van der Waals surface area contributed by atoms with Gasteiger partial charge in [0.25, 0.3) is 0 Å². The Labute approximate surface area is 397 Å². The van der Waals surface area contributed by atoms with Gasteiger partial charge in [0.15, 0.2) is 0 Å². The largest absolute Gasteiger partial charge is 0.481 e. The molecule has 0 radical (unpaired) electrons. The van der Waals surface area contributed by atoms with Crippen molar-refractivity contribution >= 4 is 59.2 Å². The third kappa shape index (κ3) is 19.6. The zero-order valence-corrected chi connectivity index (χ0v) is 40.8. The first-order chi connectivity index (χ1) is 31.8. The number of aliphatic carboxylic acids is 2.